The van der Waals surface area contributed by atoms with Crippen LogP contribution in [0.1, 0.15) is 6.92 Å². The van der Waals surface area contributed by atoms with Gasteiger partial charge < -0.3 is 15.0 Å². The number of anilines is 1. The van der Waals surface area contributed by atoms with E-state index in [9.17, 15) is 14.0 Å². The van der Waals surface area contributed by atoms with E-state index < -0.39 is 5.25 Å². The first-order chi connectivity index (χ1) is 14.0. The molecule has 9 nitrogen and oxygen atoms in total. The summed E-state index contributed by atoms with van der Waals surface area (Å²) in [4.78, 5) is 27.7. The number of nitrogens with one attached hydrogen (secondary N) is 1. The fraction of sp³-hybridized carbons (Fsp3) is 0.444. The Bertz CT molecular complexity index is 917. The molecule has 2 aliphatic heterocycles. The molecule has 0 radical (unpaired) electrons. The van der Waals surface area contributed by atoms with Crippen molar-refractivity contribution in [2.45, 2.75) is 17.3 Å². The number of carbonyl (C=O) groups excluding carboxylic acids is 2. The second-order valence-corrected chi connectivity index (χ2v) is 7.99. The van der Waals surface area contributed by atoms with E-state index in [0.717, 1.165) is 0 Å². The summed E-state index contributed by atoms with van der Waals surface area (Å²) in [7, 11) is 0. The van der Waals surface area contributed by atoms with Gasteiger partial charge in [-0.25, -0.2) is 9.18 Å². The molecule has 2 saturated heterocycles. The molecule has 1 N–H and O–H groups in total. The van der Waals surface area contributed by atoms with Crippen molar-refractivity contribution in [2.75, 3.05) is 44.3 Å². The maximum atomic E-state index is 13.9. The summed E-state index contributed by atoms with van der Waals surface area (Å²) >= 11 is 1.19. The molecule has 0 aliphatic carbocycles. The zero-order chi connectivity index (χ0) is 20.4. The van der Waals surface area contributed by atoms with Crippen LogP contribution in [0.25, 0.3) is 5.69 Å². The average Bonchev–Trinajstić information content (AvgIpc) is 3.34. The van der Waals surface area contributed by atoms with E-state index in [2.05, 4.69) is 15.5 Å². The van der Waals surface area contributed by atoms with Gasteiger partial charge >= 0.3 is 6.03 Å². The predicted octanol–water partition coefficient (Wildman–Crippen LogP) is 1.28. The van der Waals surface area contributed by atoms with E-state index in [1.165, 1.54) is 28.8 Å². The third-order valence-electron chi connectivity index (χ3n) is 4.73. The number of carbonyl (C=O) groups is 2. The Balaban J connectivity index is 1.64. The molecule has 0 spiro atoms. The maximum absolute atomic E-state index is 13.9. The van der Waals surface area contributed by atoms with Gasteiger partial charge in [0.2, 0.25) is 11.9 Å². The second kappa shape index (κ2) is 8.37. The molecule has 154 valence electrons. The zero-order valence-corrected chi connectivity index (χ0v) is 16.7. The normalized spacial score (nSPS) is 18.1. The lowest BCUT2D eigenvalue weighted by Gasteiger charge is -2.28. The third kappa shape index (κ3) is 4.06. The Kier molecular flexibility index (Phi) is 5.67. The van der Waals surface area contributed by atoms with Crippen molar-refractivity contribution in [1.82, 2.24) is 25.0 Å². The number of hydrogen-bond donors (Lipinski definition) is 1. The fourth-order valence-corrected chi connectivity index (χ4v) is 4.18. The van der Waals surface area contributed by atoms with Gasteiger partial charge in [-0.3, -0.25) is 14.3 Å². The summed E-state index contributed by atoms with van der Waals surface area (Å²) in [5, 5.41) is 11.1. The lowest BCUT2D eigenvalue weighted by molar-refractivity contribution is -0.126. The molecule has 1 atom stereocenters. The molecular weight excluding hydrogens is 399 g/mol. The SMILES string of the molecule is CC(Sc1nnc(N2CCOCC2)n1-c1cccc(F)c1)C(=O)N1CCNC1=O. The Labute approximate surface area is 171 Å². The number of thioether (sulfide) groups is 1. The number of hydrogen-bond acceptors (Lipinski definition) is 7. The highest BCUT2D eigenvalue weighted by Crippen LogP contribution is 2.30. The van der Waals surface area contributed by atoms with E-state index in [0.29, 0.717) is 56.2 Å². The molecule has 0 saturated carbocycles. The minimum atomic E-state index is -0.562. The van der Waals surface area contributed by atoms with Crippen LogP contribution < -0.4 is 10.2 Å². The number of nitrogens with zero attached hydrogens (tertiary/aromatic N) is 5. The highest BCUT2D eigenvalue weighted by Gasteiger charge is 2.32. The summed E-state index contributed by atoms with van der Waals surface area (Å²) in [5.74, 6) is -0.107. The van der Waals surface area contributed by atoms with Crippen LogP contribution >= 0.6 is 11.8 Å². The van der Waals surface area contributed by atoms with Crippen LogP contribution in [-0.2, 0) is 9.53 Å². The Hall–Kier alpha value is -2.66. The molecule has 3 heterocycles. The quantitative estimate of drug-likeness (QED) is 0.729. The van der Waals surface area contributed by atoms with Crippen molar-refractivity contribution in [3.8, 4) is 5.69 Å². The van der Waals surface area contributed by atoms with Gasteiger partial charge in [-0.1, -0.05) is 17.8 Å². The smallest absolute Gasteiger partial charge is 0.324 e. The minimum absolute atomic E-state index is 0.299. The van der Waals surface area contributed by atoms with Crippen LogP contribution in [0.15, 0.2) is 29.4 Å². The minimum Gasteiger partial charge on any atom is -0.378 e. The number of rotatable bonds is 5. The van der Waals surface area contributed by atoms with E-state index >= 15 is 0 Å². The third-order valence-corrected chi connectivity index (χ3v) is 5.76. The standard InChI is InChI=1S/C18H21FN6O3S/c1-12(15(26)24-6-5-20-17(24)27)29-18-22-21-16(23-7-9-28-10-8-23)25(18)14-4-2-3-13(19)11-14/h2-4,11-12H,5-10H2,1H3,(H,20,27). The number of benzene rings is 1. The molecular formula is C18H21FN6O3S. The molecule has 2 fully saturated rings. The van der Waals surface area contributed by atoms with Crippen LogP contribution in [0.5, 0.6) is 0 Å². The Morgan fingerprint density at radius 3 is 2.76 bits per heavy atom. The van der Waals surface area contributed by atoms with E-state index in [1.807, 2.05) is 4.90 Å². The van der Waals surface area contributed by atoms with E-state index in [1.54, 1.807) is 23.6 Å². The summed E-state index contributed by atoms with van der Waals surface area (Å²) in [5.41, 5.74) is 0.567. The molecule has 0 bridgehead atoms. The maximum Gasteiger partial charge on any atom is 0.324 e. The predicted molar refractivity (Wildman–Crippen MR) is 105 cm³/mol. The van der Waals surface area contributed by atoms with Crippen LogP contribution in [0.2, 0.25) is 0 Å². The van der Waals surface area contributed by atoms with Gasteiger partial charge in [-0.05, 0) is 25.1 Å². The molecule has 11 heteroatoms. The molecule has 3 amide bonds. The van der Waals surface area contributed by atoms with Gasteiger partial charge in [-0.15, -0.1) is 10.2 Å². The van der Waals surface area contributed by atoms with Crippen LogP contribution in [0.4, 0.5) is 15.1 Å². The average molecular weight is 420 g/mol. The molecule has 1 unspecified atom stereocenters. The number of halogens is 1. The Morgan fingerprint density at radius 1 is 1.28 bits per heavy atom. The van der Waals surface area contributed by atoms with Gasteiger partial charge in [0.1, 0.15) is 5.82 Å². The first-order valence-electron chi connectivity index (χ1n) is 9.34. The van der Waals surface area contributed by atoms with Crippen molar-refractivity contribution in [3.63, 3.8) is 0 Å². The van der Waals surface area contributed by atoms with Gasteiger partial charge in [0.05, 0.1) is 24.2 Å². The van der Waals surface area contributed by atoms with Gasteiger partial charge in [0.15, 0.2) is 5.16 Å². The Morgan fingerprint density at radius 2 is 2.07 bits per heavy atom. The summed E-state index contributed by atoms with van der Waals surface area (Å²) < 4.78 is 21.0. The highest BCUT2D eigenvalue weighted by atomic mass is 32.2. The second-order valence-electron chi connectivity index (χ2n) is 6.68. The number of morpholine rings is 1. The van der Waals surface area contributed by atoms with Crippen molar-refractivity contribution >= 4 is 29.6 Å². The lowest BCUT2D eigenvalue weighted by Crippen LogP contribution is -2.39. The van der Waals surface area contributed by atoms with Crippen molar-refractivity contribution in [1.29, 1.82) is 0 Å². The van der Waals surface area contributed by atoms with E-state index in [-0.39, 0.29) is 17.8 Å². The van der Waals surface area contributed by atoms with Crippen molar-refractivity contribution < 1.29 is 18.7 Å². The number of amides is 3. The number of imide groups is 1. The van der Waals surface area contributed by atoms with Crippen molar-refractivity contribution in [2.24, 2.45) is 0 Å². The monoisotopic (exact) mass is 420 g/mol. The van der Waals surface area contributed by atoms with Crippen LogP contribution in [0.3, 0.4) is 0 Å². The molecule has 1 aromatic carbocycles. The highest BCUT2D eigenvalue weighted by molar-refractivity contribution is 8.00. The summed E-state index contributed by atoms with van der Waals surface area (Å²) in [6.45, 7) is 4.92. The lowest BCUT2D eigenvalue weighted by atomic mass is 10.3. The van der Waals surface area contributed by atoms with Crippen LogP contribution in [-0.4, -0.2) is 76.2 Å². The molecule has 29 heavy (non-hydrogen) atoms. The summed E-state index contributed by atoms with van der Waals surface area (Å²) in [6.07, 6.45) is 0. The molecule has 1 aromatic heterocycles. The summed E-state index contributed by atoms with van der Waals surface area (Å²) in [6, 6.07) is 5.76. The number of urea groups is 1. The largest absolute Gasteiger partial charge is 0.378 e. The number of aromatic nitrogens is 3. The zero-order valence-electron chi connectivity index (χ0n) is 15.9. The van der Waals surface area contributed by atoms with Crippen molar-refractivity contribution in [3.05, 3.63) is 30.1 Å². The first-order valence-corrected chi connectivity index (χ1v) is 10.2. The van der Waals surface area contributed by atoms with Crippen LogP contribution in [0, 0.1) is 5.82 Å². The molecule has 2 aliphatic rings. The van der Waals surface area contributed by atoms with E-state index in [4.69, 9.17) is 4.74 Å². The topological polar surface area (TPSA) is 92.6 Å². The molecule has 4 rings (SSSR count). The van der Waals surface area contributed by atoms with Gasteiger partial charge in [-0.2, -0.15) is 0 Å². The number of ether oxygens (including phenoxy) is 1. The molecule has 2 aromatic rings. The fourth-order valence-electron chi connectivity index (χ4n) is 3.26. The van der Waals surface area contributed by atoms with Gasteiger partial charge in [0, 0.05) is 26.2 Å². The van der Waals surface area contributed by atoms with Gasteiger partial charge in [0.25, 0.3) is 0 Å². The first kappa shape index (κ1) is 19.6.